The maximum Gasteiger partial charge on any atom is 0.0945 e. The Kier molecular flexibility index (Phi) is 3.75. The first kappa shape index (κ1) is 10.6. The lowest BCUT2D eigenvalue weighted by Gasteiger charge is -2.34. The third kappa shape index (κ3) is 3.04. The minimum Gasteiger partial charge on any atom is -0.381 e. The average Bonchev–Trinajstić information content (AvgIpc) is 2.67. The van der Waals surface area contributed by atoms with Crippen LogP contribution in [0.1, 0.15) is 19.3 Å². The molecule has 1 aromatic rings. The lowest BCUT2D eigenvalue weighted by molar-refractivity contribution is 0.0175. The number of nitrogens with zero attached hydrogens (tertiary/aromatic N) is 2. The van der Waals surface area contributed by atoms with Crippen LogP contribution in [0.2, 0.25) is 0 Å². The molecule has 4 heteroatoms. The summed E-state index contributed by atoms with van der Waals surface area (Å²) < 4.78 is 7.34. The van der Waals surface area contributed by atoms with Crippen molar-refractivity contribution in [2.45, 2.75) is 38.0 Å². The zero-order valence-electron chi connectivity index (χ0n) is 9.22. The van der Waals surface area contributed by atoms with E-state index in [1.165, 1.54) is 12.8 Å². The topological polar surface area (TPSA) is 39.1 Å². The average molecular weight is 209 g/mol. The van der Waals surface area contributed by atoms with Crippen molar-refractivity contribution < 1.29 is 4.74 Å². The van der Waals surface area contributed by atoms with Crippen molar-refractivity contribution in [1.29, 1.82) is 0 Å². The van der Waals surface area contributed by atoms with Gasteiger partial charge in [0, 0.05) is 32.1 Å². The van der Waals surface area contributed by atoms with Crippen LogP contribution in [0.25, 0.3) is 0 Å². The van der Waals surface area contributed by atoms with E-state index < -0.39 is 0 Å². The Bertz CT molecular complexity index is 267. The second-order valence-electron chi connectivity index (χ2n) is 4.13. The summed E-state index contributed by atoms with van der Waals surface area (Å²) in [5.74, 6) is 0. The van der Waals surface area contributed by atoms with E-state index in [4.69, 9.17) is 4.74 Å². The summed E-state index contributed by atoms with van der Waals surface area (Å²) in [7, 11) is 1.79. The SMILES string of the molecule is COC1CC(NCCCn2ccnc2)C1. The van der Waals surface area contributed by atoms with Crippen LogP contribution in [0.4, 0.5) is 0 Å². The Morgan fingerprint density at radius 3 is 3.07 bits per heavy atom. The number of hydrogen-bond acceptors (Lipinski definition) is 3. The van der Waals surface area contributed by atoms with E-state index in [1.54, 1.807) is 7.11 Å². The summed E-state index contributed by atoms with van der Waals surface area (Å²) in [6.07, 6.45) is 9.68. The first-order valence-corrected chi connectivity index (χ1v) is 5.60. The van der Waals surface area contributed by atoms with Gasteiger partial charge in [-0.2, -0.15) is 0 Å². The van der Waals surface area contributed by atoms with Gasteiger partial charge in [-0.05, 0) is 25.8 Å². The van der Waals surface area contributed by atoms with Crippen molar-refractivity contribution in [2.75, 3.05) is 13.7 Å². The minimum atomic E-state index is 0.496. The molecule has 2 rings (SSSR count). The van der Waals surface area contributed by atoms with E-state index in [0.29, 0.717) is 12.1 Å². The molecule has 0 amide bonds. The van der Waals surface area contributed by atoms with Crippen LogP contribution in [-0.4, -0.2) is 35.4 Å². The molecular formula is C11H19N3O. The van der Waals surface area contributed by atoms with Crippen LogP contribution < -0.4 is 5.32 Å². The van der Waals surface area contributed by atoms with Crippen LogP contribution in [0, 0.1) is 0 Å². The molecule has 1 fully saturated rings. The number of aryl methyl sites for hydroxylation is 1. The predicted molar refractivity (Wildman–Crippen MR) is 58.7 cm³/mol. The van der Waals surface area contributed by atoms with Gasteiger partial charge in [0.15, 0.2) is 0 Å². The number of hydrogen-bond donors (Lipinski definition) is 1. The third-order valence-electron chi connectivity index (χ3n) is 3.01. The maximum absolute atomic E-state index is 5.23. The third-order valence-corrected chi connectivity index (χ3v) is 3.01. The highest BCUT2D eigenvalue weighted by Gasteiger charge is 2.27. The molecule has 1 saturated carbocycles. The number of ether oxygens (including phenoxy) is 1. The van der Waals surface area contributed by atoms with E-state index in [2.05, 4.69) is 14.9 Å². The molecule has 1 aliphatic rings. The molecule has 0 spiro atoms. The standard InChI is InChI=1S/C11H19N3O/c1-15-11-7-10(8-11)13-3-2-5-14-6-4-12-9-14/h4,6,9-11,13H,2-3,5,7-8H2,1H3. The first-order chi connectivity index (χ1) is 7.38. The van der Waals surface area contributed by atoms with Gasteiger partial charge in [-0.3, -0.25) is 0 Å². The van der Waals surface area contributed by atoms with Gasteiger partial charge in [0.1, 0.15) is 0 Å². The fourth-order valence-corrected chi connectivity index (χ4v) is 1.91. The molecule has 1 N–H and O–H groups in total. The lowest BCUT2D eigenvalue weighted by Crippen LogP contribution is -2.45. The molecule has 0 atom stereocenters. The van der Waals surface area contributed by atoms with Crippen molar-refractivity contribution in [3.05, 3.63) is 18.7 Å². The normalized spacial score (nSPS) is 25.1. The summed E-state index contributed by atoms with van der Waals surface area (Å²) >= 11 is 0. The molecule has 15 heavy (non-hydrogen) atoms. The van der Waals surface area contributed by atoms with Crippen LogP contribution in [0.15, 0.2) is 18.7 Å². The number of rotatable bonds is 6. The fourth-order valence-electron chi connectivity index (χ4n) is 1.91. The van der Waals surface area contributed by atoms with E-state index >= 15 is 0 Å². The Morgan fingerprint density at radius 2 is 2.40 bits per heavy atom. The molecule has 4 nitrogen and oxygen atoms in total. The molecule has 0 saturated heterocycles. The molecule has 1 aromatic heterocycles. The summed E-state index contributed by atoms with van der Waals surface area (Å²) in [4.78, 5) is 4.01. The van der Waals surface area contributed by atoms with Crippen LogP contribution in [-0.2, 0) is 11.3 Å². The van der Waals surface area contributed by atoms with E-state index in [1.807, 2.05) is 18.7 Å². The molecular weight excluding hydrogens is 190 g/mol. The van der Waals surface area contributed by atoms with Crippen molar-refractivity contribution >= 4 is 0 Å². The number of aromatic nitrogens is 2. The fraction of sp³-hybridized carbons (Fsp3) is 0.727. The molecule has 84 valence electrons. The van der Waals surface area contributed by atoms with Gasteiger partial charge in [-0.1, -0.05) is 0 Å². The smallest absolute Gasteiger partial charge is 0.0945 e. The largest absolute Gasteiger partial charge is 0.381 e. The summed E-state index contributed by atoms with van der Waals surface area (Å²) in [5, 5.41) is 3.53. The number of methoxy groups -OCH3 is 1. The maximum atomic E-state index is 5.23. The number of imidazole rings is 1. The zero-order valence-corrected chi connectivity index (χ0v) is 9.22. The zero-order chi connectivity index (χ0) is 10.5. The van der Waals surface area contributed by atoms with Crippen molar-refractivity contribution in [1.82, 2.24) is 14.9 Å². The summed E-state index contributed by atoms with van der Waals surface area (Å²) in [5.41, 5.74) is 0. The molecule has 0 bridgehead atoms. The Labute approximate surface area is 90.6 Å². The first-order valence-electron chi connectivity index (χ1n) is 5.60. The highest BCUT2D eigenvalue weighted by Crippen LogP contribution is 2.22. The molecule has 1 heterocycles. The van der Waals surface area contributed by atoms with Crippen molar-refractivity contribution in [2.24, 2.45) is 0 Å². The van der Waals surface area contributed by atoms with Gasteiger partial charge >= 0.3 is 0 Å². The van der Waals surface area contributed by atoms with Crippen LogP contribution >= 0.6 is 0 Å². The van der Waals surface area contributed by atoms with Gasteiger partial charge in [0.05, 0.1) is 12.4 Å². The van der Waals surface area contributed by atoms with E-state index in [0.717, 1.165) is 19.5 Å². The predicted octanol–water partition coefficient (Wildman–Crippen LogP) is 1.04. The Morgan fingerprint density at radius 1 is 1.53 bits per heavy atom. The minimum absolute atomic E-state index is 0.496. The van der Waals surface area contributed by atoms with Crippen molar-refractivity contribution in [3.63, 3.8) is 0 Å². The van der Waals surface area contributed by atoms with E-state index in [9.17, 15) is 0 Å². The molecule has 0 unspecified atom stereocenters. The van der Waals surface area contributed by atoms with Crippen LogP contribution in [0.5, 0.6) is 0 Å². The molecule has 0 aromatic carbocycles. The van der Waals surface area contributed by atoms with Gasteiger partial charge in [-0.15, -0.1) is 0 Å². The monoisotopic (exact) mass is 209 g/mol. The van der Waals surface area contributed by atoms with Gasteiger partial charge in [-0.25, -0.2) is 4.98 Å². The van der Waals surface area contributed by atoms with Gasteiger partial charge in [0.25, 0.3) is 0 Å². The number of nitrogens with one attached hydrogen (secondary N) is 1. The van der Waals surface area contributed by atoms with Gasteiger partial charge < -0.3 is 14.6 Å². The highest BCUT2D eigenvalue weighted by atomic mass is 16.5. The summed E-state index contributed by atoms with van der Waals surface area (Å²) in [6.45, 7) is 2.13. The van der Waals surface area contributed by atoms with Crippen molar-refractivity contribution in [3.8, 4) is 0 Å². The lowest BCUT2D eigenvalue weighted by atomic mass is 9.89. The van der Waals surface area contributed by atoms with E-state index in [-0.39, 0.29) is 0 Å². The quantitative estimate of drug-likeness (QED) is 0.712. The second kappa shape index (κ2) is 5.28. The molecule has 0 radical (unpaired) electrons. The van der Waals surface area contributed by atoms with Gasteiger partial charge in [0.2, 0.25) is 0 Å². The second-order valence-corrected chi connectivity index (χ2v) is 4.13. The Balaban J connectivity index is 1.50. The highest BCUT2D eigenvalue weighted by molar-refractivity contribution is 4.85. The summed E-state index contributed by atoms with van der Waals surface area (Å²) in [6, 6.07) is 0.678. The molecule has 1 aliphatic carbocycles. The van der Waals surface area contributed by atoms with Crippen LogP contribution in [0.3, 0.4) is 0 Å². The molecule has 0 aliphatic heterocycles. The Hall–Kier alpha value is -0.870.